The third-order valence-electron chi connectivity index (χ3n) is 3.89. The second kappa shape index (κ2) is 9.05. The molecule has 1 aromatic heterocycles. The first-order chi connectivity index (χ1) is 14.3. The Bertz CT molecular complexity index is 1130. The van der Waals surface area contributed by atoms with Crippen LogP contribution in [0.3, 0.4) is 0 Å². The van der Waals surface area contributed by atoms with E-state index >= 15 is 0 Å². The van der Waals surface area contributed by atoms with E-state index in [1.54, 1.807) is 23.7 Å². The van der Waals surface area contributed by atoms with Crippen LogP contribution in [-0.2, 0) is 11.8 Å². The molecular weight excluding hydrogens is 412 g/mol. The van der Waals surface area contributed by atoms with Gasteiger partial charge in [-0.3, -0.25) is 14.9 Å². The van der Waals surface area contributed by atoms with Gasteiger partial charge in [-0.25, -0.2) is 5.43 Å². The Balaban J connectivity index is 1.60. The third-order valence-corrected chi connectivity index (χ3v) is 4.91. The maximum absolute atomic E-state index is 12.0. The number of rotatable bonds is 7. The van der Waals surface area contributed by atoms with Crippen molar-refractivity contribution in [3.8, 4) is 22.9 Å². The molecule has 0 spiro atoms. The second-order valence-electron chi connectivity index (χ2n) is 6.00. The average Bonchev–Trinajstić information content (AvgIpc) is 3.08. The molecular formula is C18H16N6O5S. The monoisotopic (exact) mass is 428 g/mol. The number of hydrogen-bond acceptors (Lipinski definition) is 9. The highest BCUT2D eigenvalue weighted by Gasteiger charge is 2.15. The maximum atomic E-state index is 12.0. The van der Waals surface area contributed by atoms with Crippen LogP contribution in [0.25, 0.3) is 11.4 Å². The molecule has 154 valence electrons. The first-order valence-corrected chi connectivity index (χ1v) is 9.44. The van der Waals surface area contributed by atoms with Crippen molar-refractivity contribution < 1.29 is 19.9 Å². The van der Waals surface area contributed by atoms with Gasteiger partial charge in [-0.15, -0.1) is 10.2 Å². The zero-order valence-electron chi connectivity index (χ0n) is 15.6. The highest BCUT2D eigenvalue weighted by molar-refractivity contribution is 7.99. The van der Waals surface area contributed by atoms with Crippen LogP contribution in [-0.4, -0.2) is 47.8 Å². The number of nitrogens with zero attached hydrogens (tertiary/aromatic N) is 5. The SMILES string of the molecule is Cn1c(SCC(=O)N/N=C\c2ccc(O)cc2O)nnc1-c1cccc([N+](=O)[O-])c1. The topological polar surface area (TPSA) is 156 Å². The summed E-state index contributed by atoms with van der Waals surface area (Å²) in [7, 11) is 1.69. The minimum Gasteiger partial charge on any atom is -0.508 e. The van der Waals surface area contributed by atoms with Crippen LogP contribution in [0.1, 0.15) is 5.56 Å². The van der Waals surface area contributed by atoms with E-state index in [0.29, 0.717) is 22.1 Å². The number of nitro groups is 1. The second-order valence-corrected chi connectivity index (χ2v) is 6.94. The molecule has 0 aliphatic rings. The van der Waals surface area contributed by atoms with Gasteiger partial charge in [-0.1, -0.05) is 23.9 Å². The molecule has 0 bridgehead atoms. The van der Waals surface area contributed by atoms with E-state index in [-0.39, 0.29) is 22.9 Å². The number of thioether (sulfide) groups is 1. The first kappa shape index (κ1) is 20.8. The first-order valence-electron chi connectivity index (χ1n) is 8.46. The van der Waals surface area contributed by atoms with Gasteiger partial charge in [-0.2, -0.15) is 5.10 Å². The summed E-state index contributed by atoms with van der Waals surface area (Å²) in [5, 5.41) is 42.1. The summed E-state index contributed by atoms with van der Waals surface area (Å²) >= 11 is 1.12. The van der Waals surface area contributed by atoms with Crippen molar-refractivity contribution in [3.63, 3.8) is 0 Å². The molecule has 30 heavy (non-hydrogen) atoms. The fraction of sp³-hybridized carbons (Fsp3) is 0.111. The van der Waals surface area contributed by atoms with Crippen molar-refractivity contribution in [1.29, 1.82) is 0 Å². The molecule has 2 aromatic carbocycles. The van der Waals surface area contributed by atoms with Crippen molar-refractivity contribution in [2.75, 3.05) is 5.75 Å². The number of carbonyl (C=O) groups excluding carboxylic acids is 1. The number of nitrogens with one attached hydrogen (secondary N) is 1. The van der Waals surface area contributed by atoms with Gasteiger partial charge in [0.25, 0.3) is 11.6 Å². The number of aromatic nitrogens is 3. The Hall–Kier alpha value is -3.93. The van der Waals surface area contributed by atoms with E-state index in [0.717, 1.165) is 17.8 Å². The largest absolute Gasteiger partial charge is 0.508 e. The standard InChI is InChI=1S/C18H16N6O5S/c1-23-17(11-3-2-4-13(7-11)24(28)29)21-22-18(23)30-10-16(27)20-19-9-12-5-6-14(25)8-15(12)26/h2-9,25-26H,10H2,1H3,(H,20,27)/b19-9-. The lowest BCUT2D eigenvalue weighted by atomic mass is 10.2. The molecule has 0 radical (unpaired) electrons. The smallest absolute Gasteiger partial charge is 0.270 e. The summed E-state index contributed by atoms with van der Waals surface area (Å²) in [6.07, 6.45) is 1.25. The van der Waals surface area contributed by atoms with Crippen molar-refractivity contribution >= 4 is 29.6 Å². The van der Waals surface area contributed by atoms with E-state index in [2.05, 4.69) is 20.7 Å². The van der Waals surface area contributed by atoms with E-state index in [1.807, 2.05) is 0 Å². The number of benzene rings is 2. The zero-order chi connectivity index (χ0) is 21.7. The Kier molecular flexibility index (Phi) is 6.27. The molecule has 3 aromatic rings. The molecule has 0 fully saturated rings. The average molecular weight is 428 g/mol. The van der Waals surface area contributed by atoms with Crippen molar-refractivity contribution in [2.24, 2.45) is 12.1 Å². The summed E-state index contributed by atoms with van der Waals surface area (Å²) in [6, 6.07) is 10.0. The third kappa shape index (κ3) is 4.91. The molecule has 0 saturated carbocycles. The Morgan fingerprint density at radius 3 is 2.83 bits per heavy atom. The van der Waals surface area contributed by atoms with Gasteiger partial charge in [0, 0.05) is 36.4 Å². The van der Waals surface area contributed by atoms with Crippen LogP contribution < -0.4 is 5.43 Å². The van der Waals surface area contributed by atoms with Gasteiger partial charge < -0.3 is 14.8 Å². The molecule has 3 rings (SSSR count). The number of non-ortho nitro benzene ring substituents is 1. The Morgan fingerprint density at radius 2 is 2.10 bits per heavy atom. The molecule has 0 aliphatic heterocycles. The minimum absolute atomic E-state index is 0.000188. The van der Waals surface area contributed by atoms with Crippen LogP contribution in [0, 0.1) is 10.1 Å². The Morgan fingerprint density at radius 1 is 1.30 bits per heavy atom. The van der Waals surface area contributed by atoms with Crippen molar-refractivity contribution in [3.05, 3.63) is 58.1 Å². The van der Waals surface area contributed by atoms with E-state index in [4.69, 9.17) is 0 Å². The molecule has 11 nitrogen and oxygen atoms in total. The summed E-state index contributed by atoms with van der Waals surface area (Å²) in [5.41, 5.74) is 3.14. The van der Waals surface area contributed by atoms with E-state index < -0.39 is 10.8 Å². The zero-order valence-corrected chi connectivity index (χ0v) is 16.4. The summed E-state index contributed by atoms with van der Waals surface area (Å²) in [5.74, 6) is -0.231. The van der Waals surface area contributed by atoms with Gasteiger partial charge in [-0.05, 0) is 12.1 Å². The van der Waals surface area contributed by atoms with Gasteiger partial charge in [0.1, 0.15) is 11.5 Å². The molecule has 3 N–H and O–H groups in total. The van der Waals surface area contributed by atoms with Crippen LogP contribution in [0.15, 0.2) is 52.7 Å². The fourth-order valence-corrected chi connectivity index (χ4v) is 3.13. The number of aromatic hydroxyl groups is 2. The molecule has 0 aliphatic carbocycles. The Labute approximate surface area is 174 Å². The molecule has 0 saturated heterocycles. The number of phenolic OH excluding ortho intramolecular Hbond substituents is 2. The van der Waals surface area contributed by atoms with Crippen LogP contribution in [0.2, 0.25) is 0 Å². The fourth-order valence-electron chi connectivity index (χ4n) is 2.43. The summed E-state index contributed by atoms with van der Waals surface area (Å²) in [6.45, 7) is 0. The molecule has 0 atom stereocenters. The number of amides is 1. The predicted molar refractivity (Wildman–Crippen MR) is 109 cm³/mol. The number of phenols is 2. The van der Waals surface area contributed by atoms with Crippen LogP contribution >= 0.6 is 11.8 Å². The van der Waals surface area contributed by atoms with Crippen molar-refractivity contribution in [1.82, 2.24) is 20.2 Å². The summed E-state index contributed by atoms with van der Waals surface area (Å²) < 4.78 is 1.63. The highest BCUT2D eigenvalue weighted by Crippen LogP contribution is 2.25. The molecule has 1 amide bonds. The van der Waals surface area contributed by atoms with E-state index in [9.17, 15) is 25.1 Å². The van der Waals surface area contributed by atoms with Crippen LogP contribution in [0.4, 0.5) is 5.69 Å². The van der Waals surface area contributed by atoms with Crippen LogP contribution in [0.5, 0.6) is 11.5 Å². The lowest BCUT2D eigenvalue weighted by Crippen LogP contribution is -2.19. The minimum atomic E-state index is -0.488. The summed E-state index contributed by atoms with van der Waals surface area (Å²) in [4.78, 5) is 22.4. The van der Waals surface area contributed by atoms with Gasteiger partial charge in [0.05, 0.1) is 16.9 Å². The predicted octanol–water partition coefficient (Wildman–Crippen LogP) is 2.04. The van der Waals surface area contributed by atoms with Gasteiger partial charge in [0.15, 0.2) is 11.0 Å². The highest BCUT2D eigenvalue weighted by atomic mass is 32.2. The van der Waals surface area contributed by atoms with Crippen molar-refractivity contribution in [2.45, 2.75) is 5.16 Å². The molecule has 0 unspecified atom stereocenters. The maximum Gasteiger partial charge on any atom is 0.270 e. The quantitative estimate of drug-likeness (QED) is 0.223. The lowest BCUT2D eigenvalue weighted by Gasteiger charge is -2.04. The number of carbonyl (C=O) groups is 1. The van der Waals surface area contributed by atoms with E-state index in [1.165, 1.54) is 30.5 Å². The number of nitro benzene ring substituents is 1. The van der Waals surface area contributed by atoms with Gasteiger partial charge >= 0.3 is 0 Å². The normalized spacial score (nSPS) is 11.0. The lowest BCUT2D eigenvalue weighted by molar-refractivity contribution is -0.384. The van der Waals surface area contributed by atoms with Gasteiger partial charge in [0.2, 0.25) is 0 Å². The number of hydrazone groups is 1. The molecule has 1 heterocycles. The molecule has 12 heteroatoms. The number of hydrogen-bond donors (Lipinski definition) is 3.